The van der Waals surface area contributed by atoms with E-state index in [-0.39, 0.29) is 0 Å². The molecule has 2 rings (SSSR count). The molecule has 0 radical (unpaired) electrons. The molecule has 4 heteroatoms. The lowest BCUT2D eigenvalue weighted by atomic mass is 9.96. The van der Waals surface area contributed by atoms with E-state index in [4.69, 9.17) is 21.1 Å². The lowest BCUT2D eigenvalue weighted by Gasteiger charge is -2.19. The zero-order chi connectivity index (χ0) is 15.8. The van der Waals surface area contributed by atoms with E-state index in [0.717, 1.165) is 18.3 Å². The summed E-state index contributed by atoms with van der Waals surface area (Å²) >= 11 is 6.34. The summed E-state index contributed by atoms with van der Waals surface area (Å²) in [5.74, 6) is 1.39. The Kier molecular flexibility index (Phi) is 7.34. The molecule has 3 nitrogen and oxygen atoms in total. The predicted molar refractivity (Wildman–Crippen MR) is 90.9 cm³/mol. The van der Waals surface area contributed by atoms with Gasteiger partial charge in [0.2, 0.25) is 0 Å². The van der Waals surface area contributed by atoms with E-state index >= 15 is 0 Å². The minimum atomic E-state index is 0.587. The van der Waals surface area contributed by atoms with Crippen molar-refractivity contribution < 1.29 is 14.8 Å². The highest BCUT2D eigenvalue weighted by Crippen LogP contribution is 2.36. The van der Waals surface area contributed by atoms with Crippen molar-refractivity contribution in [2.75, 3.05) is 13.7 Å². The molecule has 2 N–H and O–H groups in total. The molecule has 1 aromatic rings. The number of rotatable bonds is 6. The Morgan fingerprint density at radius 1 is 1.14 bits per heavy atom. The van der Waals surface area contributed by atoms with Gasteiger partial charge >= 0.3 is 0 Å². The van der Waals surface area contributed by atoms with E-state index in [2.05, 4.69) is 11.4 Å². The first-order valence-corrected chi connectivity index (χ1v) is 8.95. The third-order valence-corrected chi connectivity index (χ3v) is 4.70. The van der Waals surface area contributed by atoms with Crippen molar-refractivity contribution in [3.8, 4) is 11.5 Å². The van der Waals surface area contributed by atoms with Gasteiger partial charge in [0.15, 0.2) is 11.5 Å². The van der Waals surface area contributed by atoms with Crippen LogP contribution in [0.3, 0.4) is 0 Å². The predicted octanol–water partition coefficient (Wildman–Crippen LogP) is 3.92. The summed E-state index contributed by atoms with van der Waals surface area (Å²) in [6.07, 6.45) is 9.62. The molecule has 0 amide bonds. The highest BCUT2D eigenvalue weighted by molar-refractivity contribution is 6.32. The lowest BCUT2D eigenvalue weighted by Crippen LogP contribution is -2.88. The molecule has 0 bridgehead atoms. The standard InChI is InChI=1S/C18H28ClNO2/c1-3-22-18-16(19)11-14(12-17(18)21-2)13-20-15-9-7-5-4-6-8-10-15/h11-12,15,20H,3-10,13H2,1-2H3/p+1. The van der Waals surface area contributed by atoms with Crippen molar-refractivity contribution in [2.45, 2.75) is 64.5 Å². The number of methoxy groups -OCH3 is 1. The summed E-state index contributed by atoms with van der Waals surface area (Å²) in [6.45, 7) is 3.49. The Morgan fingerprint density at radius 2 is 1.82 bits per heavy atom. The monoisotopic (exact) mass is 326 g/mol. The third-order valence-electron chi connectivity index (χ3n) is 4.41. The van der Waals surface area contributed by atoms with Crippen LogP contribution in [0.25, 0.3) is 0 Å². The first-order chi connectivity index (χ1) is 10.7. The fourth-order valence-electron chi connectivity index (χ4n) is 3.20. The van der Waals surface area contributed by atoms with Crippen LogP contribution in [-0.2, 0) is 6.54 Å². The van der Waals surface area contributed by atoms with Gasteiger partial charge in [-0.05, 0) is 44.7 Å². The quantitative estimate of drug-likeness (QED) is 0.859. The van der Waals surface area contributed by atoms with Gasteiger partial charge in [0, 0.05) is 5.56 Å². The summed E-state index contributed by atoms with van der Waals surface area (Å²) in [4.78, 5) is 0. The molecule has 22 heavy (non-hydrogen) atoms. The van der Waals surface area contributed by atoms with Crippen LogP contribution >= 0.6 is 11.6 Å². The zero-order valence-corrected chi connectivity index (χ0v) is 14.6. The maximum absolute atomic E-state index is 6.34. The van der Waals surface area contributed by atoms with Crippen LogP contribution in [0.4, 0.5) is 0 Å². The highest BCUT2D eigenvalue weighted by atomic mass is 35.5. The second kappa shape index (κ2) is 9.26. The van der Waals surface area contributed by atoms with E-state index in [0.29, 0.717) is 17.4 Å². The molecule has 0 aliphatic heterocycles. The molecule has 1 fully saturated rings. The topological polar surface area (TPSA) is 35.1 Å². The van der Waals surface area contributed by atoms with E-state index in [1.165, 1.54) is 50.5 Å². The van der Waals surface area contributed by atoms with E-state index in [1.54, 1.807) is 7.11 Å². The summed E-state index contributed by atoms with van der Waals surface area (Å²) in [7, 11) is 1.66. The van der Waals surface area contributed by atoms with Gasteiger partial charge < -0.3 is 14.8 Å². The Bertz CT molecular complexity index is 457. The normalized spacial score (nSPS) is 16.9. The Labute approximate surface area is 139 Å². The molecule has 0 spiro atoms. The molecule has 1 aromatic carbocycles. The molecular formula is C18H29ClNO2+. The Hall–Kier alpha value is -0.930. The van der Waals surface area contributed by atoms with Crippen molar-refractivity contribution in [1.82, 2.24) is 0 Å². The summed E-state index contributed by atoms with van der Waals surface area (Å²) in [5.41, 5.74) is 1.20. The molecule has 0 aromatic heterocycles. The fourth-order valence-corrected chi connectivity index (χ4v) is 3.49. The molecule has 1 saturated carbocycles. The van der Waals surface area contributed by atoms with E-state index in [1.807, 2.05) is 13.0 Å². The number of hydrogen-bond acceptors (Lipinski definition) is 2. The molecular weight excluding hydrogens is 298 g/mol. The number of ether oxygens (including phenoxy) is 2. The maximum Gasteiger partial charge on any atom is 0.179 e. The van der Waals surface area contributed by atoms with Gasteiger partial charge in [-0.2, -0.15) is 0 Å². The van der Waals surface area contributed by atoms with Crippen molar-refractivity contribution >= 4 is 11.6 Å². The van der Waals surface area contributed by atoms with Gasteiger partial charge in [0.05, 0.1) is 24.8 Å². The largest absolute Gasteiger partial charge is 0.493 e. The SMILES string of the molecule is CCOc1c(Cl)cc(C[NH2+]C2CCCCCCC2)cc1OC. The van der Waals surface area contributed by atoms with Gasteiger partial charge in [0.1, 0.15) is 6.54 Å². The van der Waals surface area contributed by atoms with Gasteiger partial charge in [-0.3, -0.25) is 0 Å². The van der Waals surface area contributed by atoms with Crippen LogP contribution in [0, 0.1) is 0 Å². The minimum absolute atomic E-state index is 0.587. The number of benzene rings is 1. The van der Waals surface area contributed by atoms with E-state index < -0.39 is 0 Å². The lowest BCUT2D eigenvalue weighted by molar-refractivity contribution is -0.706. The molecule has 0 unspecified atom stereocenters. The Morgan fingerprint density at radius 3 is 2.45 bits per heavy atom. The Balaban J connectivity index is 1.98. The van der Waals surface area contributed by atoms with Crippen molar-refractivity contribution in [1.29, 1.82) is 0 Å². The molecule has 0 atom stereocenters. The second-order valence-corrected chi connectivity index (χ2v) is 6.49. The smallest absolute Gasteiger partial charge is 0.179 e. The summed E-state index contributed by atoms with van der Waals surface area (Å²) in [5, 5.41) is 3.11. The second-order valence-electron chi connectivity index (χ2n) is 6.09. The van der Waals surface area contributed by atoms with E-state index in [9.17, 15) is 0 Å². The number of halogens is 1. The van der Waals surface area contributed by atoms with Crippen LogP contribution in [0.1, 0.15) is 57.4 Å². The minimum Gasteiger partial charge on any atom is -0.493 e. The van der Waals surface area contributed by atoms with Crippen molar-refractivity contribution in [3.05, 3.63) is 22.7 Å². The van der Waals surface area contributed by atoms with Crippen molar-refractivity contribution in [2.24, 2.45) is 0 Å². The maximum atomic E-state index is 6.34. The van der Waals surface area contributed by atoms with Crippen LogP contribution in [-0.4, -0.2) is 19.8 Å². The third kappa shape index (κ3) is 5.06. The van der Waals surface area contributed by atoms with Crippen LogP contribution in [0.15, 0.2) is 12.1 Å². The van der Waals surface area contributed by atoms with Gasteiger partial charge in [-0.1, -0.05) is 30.9 Å². The van der Waals surface area contributed by atoms with Gasteiger partial charge in [-0.15, -0.1) is 0 Å². The fraction of sp³-hybridized carbons (Fsp3) is 0.667. The first-order valence-electron chi connectivity index (χ1n) is 8.57. The summed E-state index contributed by atoms with van der Waals surface area (Å²) < 4.78 is 11.0. The average Bonchev–Trinajstić information content (AvgIpc) is 2.48. The van der Waals surface area contributed by atoms with Gasteiger partial charge in [-0.25, -0.2) is 0 Å². The van der Waals surface area contributed by atoms with Crippen LogP contribution < -0.4 is 14.8 Å². The average molecular weight is 327 g/mol. The highest BCUT2D eigenvalue weighted by Gasteiger charge is 2.16. The van der Waals surface area contributed by atoms with Gasteiger partial charge in [0.25, 0.3) is 0 Å². The van der Waals surface area contributed by atoms with Crippen LogP contribution in [0.2, 0.25) is 5.02 Å². The molecule has 1 aliphatic rings. The molecule has 1 aliphatic carbocycles. The number of quaternary nitrogens is 1. The molecule has 0 heterocycles. The first kappa shape index (κ1) is 17.4. The van der Waals surface area contributed by atoms with Crippen LogP contribution in [0.5, 0.6) is 11.5 Å². The zero-order valence-electron chi connectivity index (χ0n) is 13.9. The van der Waals surface area contributed by atoms with Crippen molar-refractivity contribution in [3.63, 3.8) is 0 Å². The molecule has 124 valence electrons. The molecule has 0 saturated heterocycles. The number of nitrogens with two attached hydrogens (primary N) is 1. The number of hydrogen-bond donors (Lipinski definition) is 1. The summed E-state index contributed by atoms with van der Waals surface area (Å²) in [6, 6.07) is 4.81.